The molecule has 4 rings (SSSR count). The third-order valence-electron chi connectivity index (χ3n) is 4.93. The van der Waals surface area contributed by atoms with Gasteiger partial charge in [-0.25, -0.2) is 14.5 Å². The molecule has 0 unspecified atom stereocenters. The molecule has 0 aliphatic carbocycles. The highest BCUT2D eigenvalue weighted by Gasteiger charge is 2.15. The Labute approximate surface area is 175 Å². The number of hydrogen-bond donors (Lipinski definition) is 1. The van der Waals surface area contributed by atoms with Crippen LogP contribution in [0.2, 0.25) is 0 Å². The van der Waals surface area contributed by atoms with E-state index in [1.165, 1.54) is 6.33 Å². The first kappa shape index (κ1) is 19.8. The molecule has 0 atom stereocenters. The zero-order chi connectivity index (χ0) is 20.8. The topological polar surface area (TPSA) is 81.5 Å². The van der Waals surface area contributed by atoms with Crippen molar-refractivity contribution in [3.8, 4) is 11.5 Å². The summed E-state index contributed by atoms with van der Waals surface area (Å²) in [5, 5.41) is 7.11. The number of ether oxygens (including phenoxy) is 2. The summed E-state index contributed by atoms with van der Waals surface area (Å²) < 4.78 is 13.0. The van der Waals surface area contributed by atoms with Crippen LogP contribution in [0.1, 0.15) is 23.6 Å². The largest absolute Gasteiger partial charge is 0.486 e. The minimum Gasteiger partial charge on any atom is -0.486 e. The second kappa shape index (κ2) is 9.30. The number of amides is 2. The van der Waals surface area contributed by atoms with Gasteiger partial charge in [-0.3, -0.25) is 0 Å². The number of benzene rings is 2. The third kappa shape index (κ3) is 4.89. The lowest BCUT2D eigenvalue weighted by molar-refractivity contribution is 0.171. The van der Waals surface area contributed by atoms with Crippen molar-refractivity contribution in [2.24, 2.45) is 0 Å². The van der Waals surface area contributed by atoms with Gasteiger partial charge in [-0.15, -0.1) is 0 Å². The summed E-state index contributed by atoms with van der Waals surface area (Å²) in [7, 11) is 0. The molecule has 0 spiro atoms. The van der Waals surface area contributed by atoms with Gasteiger partial charge in [-0.05, 0) is 35.7 Å². The summed E-state index contributed by atoms with van der Waals surface area (Å²) in [6, 6.07) is 13.8. The maximum absolute atomic E-state index is 12.7. The average Bonchev–Trinajstić information content (AvgIpc) is 3.29. The van der Waals surface area contributed by atoms with Crippen molar-refractivity contribution < 1.29 is 14.3 Å². The van der Waals surface area contributed by atoms with Crippen LogP contribution in [0.25, 0.3) is 0 Å². The van der Waals surface area contributed by atoms with Crippen LogP contribution in [-0.4, -0.2) is 45.5 Å². The predicted octanol–water partition coefficient (Wildman–Crippen LogP) is 2.83. The highest BCUT2D eigenvalue weighted by atomic mass is 16.6. The Morgan fingerprint density at radius 1 is 1.07 bits per heavy atom. The molecule has 8 heteroatoms. The second-order valence-electron chi connectivity index (χ2n) is 7.06. The van der Waals surface area contributed by atoms with Crippen molar-refractivity contribution in [1.29, 1.82) is 0 Å². The molecule has 0 fully saturated rings. The molecule has 0 bridgehead atoms. The quantitative estimate of drug-likeness (QED) is 0.651. The van der Waals surface area contributed by atoms with Gasteiger partial charge in [0, 0.05) is 19.6 Å². The molecule has 2 aromatic carbocycles. The fourth-order valence-electron chi connectivity index (χ4n) is 3.29. The molecule has 156 valence electrons. The Kier molecular flexibility index (Phi) is 6.12. The van der Waals surface area contributed by atoms with E-state index in [-0.39, 0.29) is 6.03 Å². The molecule has 2 heterocycles. The number of nitrogens with one attached hydrogen (secondary N) is 1. The smallest absolute Gasteiger partial charge is 0.317 e. The molecule has 1 aliphatic heterocycles. The van der Waals surface area contributed by atoms with Crippen molar-refractivity contribution >= 4 is 6.03 Å². The lowest BCUT2D eigenvalue weighted by atomic mass is 10.1. The van der Waals surface area contributed by atoms with E-state index in [0.29, 0.717) is 39.4 Å². The molecular formula is C22H25N5O3. The van der Waals surface area contributed by atoms with Gasteiger partial charge in [-0.2, -0.15) is 5.10 Å². The number of nitrogens with zero attached hydrogens (tertiary/aromatic N) is 4. The lowest BCUT2D eigenvalue weighted by Gasteiger charge is -2.23. The zero-order valence-corrected chi connectivity index (χ0v) is 17.0. The molecule has 1 aromatic heterocycles. The predicted molar refractivity (Wildman–Crippen MR) is 111 cm³/mol. The van der Waals surface area contributed by atoms with Crippen molar-refractivity contribution in [2.45, 2.75) is 26.6 Å². The number of hydrogen-bond acceptors (Lipinski definition) is 5. The number of urea groups is 1. The minimum atomic E-state index is -0.0981. The number of aromatic nitrogens is 3. The fourth-order valence-corrected chi connectivity index (χ4v) is 3.29. The zero-order valence-electron chi connectivity index (χ0n) is 17.0. The maximum atomic E-state index is 12.7. The summed E-state index contributed by atoms with van der Waals surface area (Å²) in [6.45, 7) is 5.35. The standard InChI is InChI=1S/C22H25N5O3/c1-2-26(13-19-7-8-20-21(11-19)30-10-9-29-20)22(28)24-12-17-3-5-18(6-4-17)14-27-16-23-15-25-27/h3-8,11,15-16H,2,9-10,12-14H2,1H3,(H,24,28). The SMILES string of the molecule is CCN(Cc1ccc2c(c1)OCCO2)C(=O)NCc1ccc(Cn2cncn2)cc1. The van der Waals surface area contributed by atoms with Crippen LogP contribution in [0.15, 0.2) is 55.1 Å². The highest BCUT2D eigenvalue weighted by Crippen LogP contribution is 2.31. The highest BCUT2D eigenvalue weighted by molar-refractivity contribution is 5.74. The van der Waals surface area contributed by atoms with Crippen LogP contribution in [0.5, 0.6) is 11.5 Å². The monoisotopic (exact) mass is 407 g/mol. The van der Waals surface area contributed by atoms with Crippen LogP contribution in [-0.2, 0) is 19.6 Å². The minimum absolute atomic E-state index is 0.0981. The first-order valence-electron chi connectivity index (χ1n) is 10.0. The Morgan fingerprint density at radius 2 is 1.80 bits per heavy atom. The van der Waals surface area contributed by atoms with E-state index in [1.807, 2.05) is 49.4 Å². The summed E-state index contributed by atoms with van der Waals surface area (Å²) >= 11 is 0. The van der Waals surface area contributed by atoms with Crippen molar-refractivity contribution in [3.05, 3.63) is 71.8 Å². The number of carbonyl (C=O) groups excluding carboxylic acids is 1. The Balaban J connectivity index is 1.31. The van der Waals surface area contributed by atoms with E-state index >= 15 is 0 Å². The van der Waals surface area contributed by atoms with Crippen LogP contribution in [0, 0.1) is 0 Å². The van der Waals surface area contributed by atoms with Gasteiger partial charge in [0.05, 0.1) is 6.54 Å². The third-order valence-corrected chi connectivity index (χ3v) is 4.93. The van der Waals surface area contributed by atoms with E-state index in [1.54, 1.807) is 15.9 Å². The van der Waals surface area contributed by atoms with Gasteiger partial charge in [0.2, 0.25) is 0 Å². The van der Waals surface area contributed by atoms with Gasteiger partial charge < -0.3 is 19.7 Å². The maximum Gasteiger partial charge on any atom is 0.317 e. The van der Waals surface area contributed by atoms with Gasteiger partial charge in [0.25, 0.3) is 0 Å². The van der Waals surface area contributed by atoms with Crippen LogP contribution >= 0.6 is 0 Å². The van der Waals surface area contributed by atoms with Gasteiger partial charge in [0.1, 0.15) is 25.9 Å². The van der Waals surface area contributed by atoms with Crippen LogP contribution in [0.4, 0.5) is 4.79 Å². The fraction of sp³-hybridized carbons (Fsp3) is 0.318. The van der Waals surface area contributed by atoms with E-state index in [0.717, 1.165) is 28.2 Å². The summed E-state index contributed by atoms with van der Waals surface area (Å²) in [5.41, 5.74) is 3.18. The second-order valence-corrected chi connectivity index (χ2v) is 7.06. The van der Waals surface area contributed by atoms with E-state index in [9.17, 15) is 4.79 Å². The first-order valence-corrected chi connectivity index (χ1v) is 10.0. The number of carbonyl (C=O) groups is 1. The van der Waals surface area contributed by atoms with E-state index in [2.05, 4.69) is 15.4 Å². The Hall–Kier alpha value is -3.55. The van der Waals surface area contributed by atoms with Crippen LogP contribution in [0.3, 0.4) is 0 Å². The van der Waals surface area contributed by atoms with Crippen LogP contribution < -0.4 is 14.8 Å². The Morgan fingerprint density at radius 3 is 2.53 bits per heavy atom. The molecule has 30 heavy (non-hydrogen) atoms. The summed E-state index contributed by atoms with van der Waals surface area (Å²) in [5.74, 6) is 1.49. The summed E-state index contributed by atoms with van der Waals surface area (Å²) in [4.78, 5) is 18.4. The van der Waals surface area contributed by atoms with Crippen molar-refractivity contribution in [3.63, 3.8) is 0 Å². The lowest BCUT2D eigenvalue weighted by Crippen LogP contribution is -2.39. The van der Waals surface area contributed by atoms with E-state index < -0.39 is 0 Å². The molecule has 1 N–H and O–H groups in total. The summed E-state index contributed by atoms with van der Waals surface area (Å²) in [6.07, 6.45) is 3.21. The van der Waals surface area contributed by atoms with Gasteiger partial charge in [0.15, 0.2) is 11.5 Å². The molecule has 2 amide bonds. The normalized spacial score (nSPS) is 12.4. The molecule has 3 aromatic rings. The van der Waals surface area contributed by atoms with Crippen molar-refractivity contribution in [1.82, 2.24) is 25.0 Å². The average molecular weight is 407 g/mol. The van der Waals surface area contributed by atoms with E-state index in [4.69, 9.17) is 9.47 Å². The van der Waals surface area contributed by atoms with Gasteiger partial charge in [-0.1, -0.05) is 30.3 Å². The molecule has 0 saturated carbocycles. The molecule has 1 aliphatic rings. The molecule has 8 nitrogen and oxygen atoms in total. The molecule has 0 radical (unpaired) electrons. The molecule has 0 saturated heterocycles. The first-order chi connectivity index (χ1) is 14.7. The number of fused-ring (bicyclic) bond motifs is 1. The van der Waals surface area contributed by atoms with Crippen molar-refractivity contribution in [2.75, 3.05) is 19.8 Å². The van der Waals surface area contributed by atoms with Gasteiger partial charge >= 0.3 is 6.03 Å². The Bertz CT molecular complexity index is 973. The molecular weight excluding hydrogens is 382 g/mol. The number of rotatable bonds is 7.